The Hall–Kier alpha value is -3.31. The highest BCUT2D eigenvalue weighted by Crippen LogP contribution is 2.35. The molecular formula is C20H18O10. The number of aromatic hydroxyl groups is 3. The van der Waals surface area contributed by atoms with Crippen molar-refractivity contribution in [1.29, 1.82) is 0 Å². The molecule has 0 saturated carbocycles. The molecule has 0 radical (unpaired) electrons. The van der Waals surface area contributed by atoms with Gasteiger partial charge in [0.1, 0.15) is 46.5 Å². The summed E-state index contributed by atoms with van der Waals surface area (Å²) in [5.41, 5.74) is -0.299. The molecule has 158 valence electrons. The summed E-state index contributed by atoms with van der Waals surface area (Å²) in [4.78, 5) is 12.4. The number of benzene rings is 2. The van der Waals surface area contributed by atoms with Crippen molar-refractivity contribution in [3.8, 4) is 34.3 Å². The number of aliphatic hydroxyl groups is 3. The van der Waals surface area contributed by atoms with Crippen LogP contribution in [0.3, 0.4) is 0 Å². The van der Waals surface area contributed by atoms with Gasteiger partial charge in [0.05, 0.1) is 6.61 Å². The lowest BCUT2D eigenvalue weighted by molar-refractivity contribution is -0.242. The Balaban J connectivity index is 1.71. The van der Waals surface area contributed by atoms with E-state index in [4.69, 9.17) is 13.9 Å². The summed E-state index contributed by atoms with van der Waals surface area (Å²) in [5, 5.41) is 58.8. The molecule has 0 bridgehead atoms. The van der Waals surface area contributed by atoms with Crippen molar-refractivity contribution in [3.05, 3.63) is 46.6 Å². The number of aliphatic hydroxyl groups excluding tert-OH is 3. The fourth-order valence-corrected chi connectivity index (χ4v) is 3.17. The maximum atomic E-state index is 12.4. The predicted molar refractivity (Wildman–Crippen MR) is 101 cm³/mol. The Bertz CT molecular complexity index is 1150. The third kappa shape index (κ3) is 3.53. The van der Waals surface area contributed by atoms with Gasteiger partial charge in [0.2, 0.25) is 6.29 Å². The zero-order valence-electron chi connectivity index (χ0n) is 15.3. The second-order valence-electron chi connectivity index (χ2n) is 6.86. The summed E-state index contributed by atoms with van der Waals surface area (Å²) in [6.07, 6.45) is -5.70. The van der Waals surface area contributed by atoms with Crippen LogP contribution in [0.5, 0.6) is 23.0 Å². The van der Waals surface area contributed by atoms with E-state index in [0.717, 1.165) is 12.1 Å². The summed E-state index contributed by atoms with van der Waals surface area (Å²) in [5.74, 6) is -1.11. The Labute approximate surface area is 168 Å². The smallest absolute Gasteiger partial charge is 0.229 e. The first-order valence-corrected chi connectivity index (χ1v) is 8.90. The minimum absolute atomic E-state index is 0.0475. The number of rotatable bonds is 3. The van der Waals surface area contributed by atoms with Gasteiger partial charge in [-0.2, -0.15) is 0 Å². The van der Waals surface area contributed by atoms with Gasteiger partial charge < -0.3 is 44.5 Å². The molecule has 1 saturated heterocycles. The Morgan fingerprint density at radius 1 is 0.933 bits per heavy atom. The summed E-state index contributed by atoms with van der Waals surface area (Å²) < 4.78 is 16.2. The molecule has 10 heteroatoms. The highest BCUT2D eigenvalue weighted by Gasteiger charge is 2.39. The van der Waals surface area contributed by atoms with Crippen molar-refractivity contribution in [2.75, 3.05) is 6.61 Å². The molecule has 0 amide bonds. The number of phenolic OH excluding ortho intramolecular Hbond substituents is 3. The van der Waals surface area contributed by atoms with Gasteiger partial charge >= 0.3 is 0 Å². The van der Waals surface area contributed by atoms with Crippen LogP contribution in [0, 0.1) is 0 Å². The molecular weight excluding hydrogens is 400 g/mol. The zero-order valence-corrected chi connectivity index (χ0v) is 15.3. The van der Waals surface area contributed by atoms with Crippen LogP contribution in [-0.2, 0) is 4.74 Å². The van der Waals surface area contributed by atoms with E-state index in [1.54, 1.807) is 0 Å². The Kier molecular flexibility index (Phi) is 5.00. The van der Waals surface area contributed by atoms with Crippen molar-refractivity contribution in [2.45, 2.75) is 24.6 Å². The van der Waals surface area contributed by atoms with Crippen LogP contribution in [0.15, 0.2) is 45.6 Å². The number of fused-ring (bicyclic) bond motifs is 1. The van der Waals surface area contributed by atoms with E-state index in [1.807, 2.05) is 0 Å². The minimum Gasteiger partial charge on any atom is -0.508 e. The van der Waals surface area contributed by atoms with E-state index in [1.165, 1.54) is 24.3 Å². The fraction of sp³-hybridized carbons (Fsp3) is 0.250. The van der Waals surface area contributed by atoms with E-state index >= 15 is 0 Å². The monoisotopic (exact) mass is 418 g/mol. The Morgan fingerprint density at radius 2 is 1.70 bits per heavy atom. The molecule has 30 heavy (non-hydrogen) atoms. The van der Waals surface area contributed by atoms with E-state index in [9.17, 15) is 35.4 Å². The molecule has 1 aromatic heterocycles. The number of phenols is 3. The fourth-order valence-electron chi connectivity index (χ4n) is 3.17. The van der Waals surface area contributed by atoms with Crippen LogP contribution < -0.4 is 10.2 Å². The molecule has 1 aliphatic rings. The van der Waals surface area contributed by atoms with Gasteiger partial charge in [-0.25, -0.2) is 0 Å². The van der Waals surface area contributed by atoms with Crippen molar-refractivity contribution < 1.29 is 44.5 Å². The van der Waals surface area contributed by atoms with E-state index in [-0.39, 0.29) is 40.6 Å². The molecule has 4 rings (SSSR count). The first-order valence-electron chi connectivity index (χ1n) is 8.90. The van der Waals surface area contributed by atoms with Crippen LogP contribution >= 0.6 is 0 Å². The van der Waals surface area contributed by atoms with Crippen LogP contribution in [-0.4, -0.2) is 61.8 Å². The number of hydrogen-bond donors (Lipinski definition) is 6. The average molecular weight is 418 g/mol. The summed E-state index contributed by atoms with van der Waals surface area (Å²) in [7, 11) is 0. The molecule has 2 heterocycles. The number of hydrogen-bond acceptors (Lipinski definition) is 10. The lowest BCUT2D eigenvalue weighted by atomic mass is 10.1. The molecule has 0 spiro atoms. The van der Waals surface area contributed by atoms with Gasteiger partial charge in [0.25, 0.3) is 0 Å². The van der Waals surface area contributed by atoms with E-state index in [2.05, 4.69) is 0 Å². The maximum Gasteiger partial charge on any atom is 0.229 e. The lowest BCUT2D eigenvalue weighted by Crippen LogP contribution is -2.54. The molecule has 2 aromatic carbocycles. The SMILES string of the molecule is O=c1cc(-c2ccc(O)c(O[C@@H]3OC[C@@H](O)[C@H](O)[C@H]3O)c2)oc2cc(O)cc(O)c12. The Morgan fingerprint density at radius 3 is 2.47 bits per heavy atom. The van der Waals surface area contributed by atoms with Crippen LogP contribution in [0.25, 0.3) is 22.3 Å². The lowest BCUT2D eigenvalue weighted by Gasteiger charge is -2.35. The topological polar surface area (TPSA) is 170 Å². The van der Waals surface area contributed by atoms with Crippen LogP contribution in [0.2, 0.25) is 0 Å². The standard InChI is InChI=1S/C20H18O10/c21-9-4-11(23)17-12(24)6-14(29-16(17)5-9)8-1-2-10(22)15(3-8)30-20-19(27)18(26)13(25)7-28-20/h1-6,13,18-23,25-27H,7H2/t13-,18+,19-,20+/m1/s1. The normalized spacial score (nSPS) is 24.1. The van der Waals surface area contributed by atoms with E-state index in [0.29, 0.717) is 5.56 Å². The number of ether oxygens (including phenoxy) is 2. The summed E-state index contributed by atoms with van der Waals surface area (Å²) >= 11 is 0. The van der Waals surface area contributed by atoms with Crippen LogP contribution in [0.1, 0.15) is 0 Å². The summed E-state index contributed by atoms with van der Waals surface area (Å²) in [6, 6.07) is 7.33. The second-order valence-corrected chi connectivity index (χ2v) is 6.86. The van der Waals surface area contributed by atoms with Gasteiger partial charge in [-0.3, -0.25) is 4.79 Å². The predicted octanol–water partition coefficient (Wildman–Crippen LogP) is 0.395. The molecule has 10 nitrogen and oxygen atoms in total. The first-order chi connectivity index (χ1) is 14.2. The van der Waals surface area contributed by atoms with Crippen molar-refractivity contribution in [1.82, 2.24) is 0 Å². The molecule has 0 aliphatic carbocycles. The highest BCUT2D eigenvalue weighted by molar-refractivity contribution is 5.86. The highest BCUT2D eigenvalue weighted by atomic mass is 16.7. The van der Waals surface area contributed by atoms with Crippen LogP contribution in [0.4, 0.5) is 0 Å². The molecule has 1 fully saturated rings. The first kappa shape index (κ1) is 20.0. The second kappa shape index (κ2) is 7.50. The van der Waals surface area contributed by atoms with Crippen molar-refractivity contribution in [3.63, 3.8) is 0 Å². The molecule has 1 aliphatic heterocycles. The van der Waals surface area contributed by atoms with Crippen molar-refractivity contribution in [2.24, 2.45) is 0 Å². The quantitative estimate of drug-likeness (QED) is 0.350. The molecule has 4 atom stereocenters. The zero-order chi connectivity index (χ0) is 21.6. The average Bonchev–Trinajstić information content (AvgIpc) is 2.69. The minimum atomic E-state index is -1.57. The largest absolute Gasteiger partial charge is 0.508 e. The molecule has 6 N–H and O–H groups in total. The van der Waals surface area contributed by atoms with Crippen molar-refractivity contribution >= 4 is 11.0 Å². The van der Waals surface area contributed by atoms with Gasteiger partial charge in [-0.15, -0.1) is 0 Å². The third-order valence-electron chi connectivity index (χ3n) is 4.74. The van der Waals surface area contributed by atoms with Gasteiger partial charge in [0, 0.05) is 23.8 Å². The molecule has 3 aromatic rings. The third-order valence-corrected chi connectivity index (χ3v) is 4.74. The van der Waals surface area contributed by atoms with Gasteiger partial charge in [0.15, 0.2) is 16.9 Å². The summed E-state index contributed by atoms with van der Waals surface area (Å²) in [6.45, 7) is -0.282. The van der Waals surface area contributed by atoms with Gasteiger partial charge in [-0.1, -0.05) is 0 Å². The van der Waals surface area contributed by atoms with Gasteiger partial charge in [-0.05, 0) is 18.2 Å². The maximum absolute atomic E-state index is 12.4. The molecule has 0 unspecified atom stereocenters. The van der Waals surface area contributed by atoms with E-state index < -0.39 is 35.8 Å².